The number of hydrogen-bond acceptors (Lipinski definition) is 1. The summed E-state index contributed by atoms with van der Waals surface area (Å²) < 4.78 is 0. The van der Waals surface area contributed by atoms with Gasteiger partial charge in [0.15, 0.2) is 0 Å². The van der Waals surface area contributed by atoms with Crippen molar-refractivity contribution in [1.29, 1.82) is 0 Å². The fourth-order valence-corrected chi connectivity index (χ4v) is 0.960. The standard InChI is InChI=1S/C8H14N2/c1-3-4-5-8-6-7(2)9-10-8/h6H,3-5H2,1-2H3,(H,9,10). The maximum atomic E-state index is 4.13. The van der Waals surface area contributed by atoms with E-state index in [0.29, 0.717) is 0 Å². The number of aryl methyl sites for hydroxylation is 2. The summed E-state index contributed by atoms with van der Waals surface area (Å²) in [5.74, 6) is 0. The summed E-state index contributed by atoms with van der Waals surface area (Å²) >= 11 is 0. The van der Waals surface area contributed by atoms with E-state index in [1.807, 2.05) is 6.92 Å². The van der Waals surface area contributed by atoms with Crippen LogP contribution in [0.3, 0.4) is 0 Å². The van der Waals surface area contributed by atoms with Crippen LogP contribution in [0.15, 0.2) is 6.07 Å². The molecular formula is C8H14N2. The van der Waals surface area contributed by atoms with Gasteiger partial charge in [-0.1, -0.05) is 13.3 Å². The first-order valence-corrected chi connectivity index (χ1v) is 3.84. The molecule has 10 heavy (non-hydrogen) atoms. The van der Waals surface area contributed by atoms with Crippen LogP contribution in [0, 0.1) is 6.92 Å². The van der Waals surface area contributed by atoms with Gasteiger partial charge in [-0.05, 0) is 25.8 Å². The highest BCUT2D eigenvalue weighted by atomic mass is 15.1. The van der Waals surface area contributed by atoms with Gasteiger partial charge in [0, 0.05) is 5.69 Å². The van der Waals surface area contributed by atoms with Crippen molar-refractivity contribution in [3.8, 4) is 0 Å². The van der Waals surface area contributed by atoms with Crippen LogP contribution in [0.25, 0.3) is 0 Å². The summed E-state index contributed by atoms with van der Waals surface area (Å²) in [5.41, 5.74) is 2.35. The van der Waals surface area contributed by atoms with Crippen LogP contribution >= 0.6 is 0 Å². The highest BCUT2D eigenvalue weighted by molar-refractivity contribution is 5.06. The second-order valence-corrected chi connectivity index (χ2v) is 2.65. The zero-order valence-electron chi connectivity index (χ0n) is 6.65. The molecule has 56 valence electrons. The highest BCUT2D eigenvalue weighted by Gasteiger charge is 1.94. The highest BCUT2D eigenvalue weighted by Crippen LogP contribution is 2.02. The molecule has 0 aliphatic rings. The Bertz CT molecular complexity index is 191. The van der Waals surface area contributed by atoms with Gasteiger partial charge < -0.3 is 0 Å². The molecule has 0 unspecified atom stereocenters. The Kier molecular flexibility index (Phi) is 2.49. The summed E-state index contributed by atoms with van der Waals surface area (Å²) in [6, 6.07) is 2.11. The SMILES string of the molecule is CCCCc1cc(C)[nH]n1. The summed E-state index contributed by atoms with van der Waals surface area (Å²) in [6.45, 7) is 4.22. The lowest BCUT2D eigenvalue weighted by Gasteiger charge is -1.89. The molecule has 0 amide bonds. The van der Waals surface area contributed by atoms with Crippen LogP contribution in [-0.2, 0) is 6.42 Å². The molecule has 0 atom stereocenters. The summed E-state index contributed by atoms with van der Waals surface area (Å²) in [5, 5.41) is 7.06. The van der Waals surface area contributed by atoms with Crippen LogP contribution in [0.5, 0.6) is 0 Å². The molecule has 1 heterocycles. The fraction of sp³-hybridized carbons (Fsp3) is 0.625. The van der Waals surface area contributed by atoms with Crippen LogP contribution in [0.2, 0.25) is 0 Å². The lowest BCUT2D eigenvalue weighted by atomic mass is 10.2. The summed E-state index contributed by atoms with van der Waals surface area (Å²) in [4.78, 5) is 0. The van der Waals surface area contributed by atoms with E-state index in [4.69, 9.17) is 0 Å². The third-order valence-electron chi connectivity index (χ3n) is 1.55. The predicted octanol–water partition coefficient (Wildman–Crippen LogP) is 2.06. The Morgan fingerprint density at radius 1 is 1.60 bits per heavy atom. The van der Waals surface area contributed by atoms with Crippen LogP contribution < -0.4 is 0 Å². The van der Waals surface area contributed by atoms with E-state index in [0.717, 1.165) is 12.1 Å². The average molecular weight is 138 g/mol. The molecule has 0 aliphatic carbocycles. The molecule has 1 aromatic heterocycles. The zero-order valence-corrected chi connectivity index (χ0v) is 6.65. The van der Waals surface area contributed by atoms with Gasteiger partial charge >= 0.3 is 0 Å². The molecule has 2 nitrogen and oxygen atoms in total. The molecule has 0 radical (unpaired) electrons. The van der Waals surface area contributed by atoms with Crippen LogP contribution in [-0.4, -0.2) is 10.2 Å². The van der Waals surface area contributed by atoms with Gasteiger partial charge in [0.1, 0.15) is 0 Å². The lowest BCUT2D eigenvalue weighted by molar-refractivity contribution is 0.771. The monoisotopic (exact) mass is 138 g/mol. The molecule has 1 aromatic rings. The topological polar surface area (TPSA) is 28.7 Å². The molecule has 0 saturated carbocycles. The normalized spacial score (nSPS) is 10.2. The molecule has 0 aliphatic heterocycles. The lowest BCUT2D eigenvalue weighted by Crippen LogP contribution is -1.83. The molecule has 0 aromatic carbocycles. The number of unbranched alkanes of at least 4 members (excludes halogenated alkanes) is 1. The van der Waals surface area contributed by atoms with E-state index in [9.17, 15) is 0 Å². The zero-order chi connectivity index (χ0) is 7.40. The largest absolute Gasteiger partial charge is 0.283 e. The van der Waals surface area contributed by atoms with Gasteiger partial charge in [0.05, 0.1) is 5.69 Å². The number of hydrogen-bond donors (Lipinski definition) is 1. The van der Waals surface area contributed by atoms with Crippen molar-refractivity contribution in [2.45, 2.75) is 33.1 Å². The second kappa shape index (κ2) is 3.40. The van der Waals surface area contributed by atoms with Crippen LogP contribution in [0.4, 0.5) is 0 Å². The molecule has 1 N–H and O–H groups in total. The molecule has 0 fully saturated rings. The van der Waals surface area contributed by atoms with E-state index in [1.54, 1.807) is 0 Å². The van der Waals surface area contributed by atoms with Crippen molar-refractivity contribution in [2.24, 2.45) is 0 Å². The van der Waals surface area contributed by atoms with Crippen molar-refractivity contribution in [3.63, 3.8) is 0 Å². The van der Waals surface area contributed by atoms with E-state index in [2.05, 4.69) is 23.2 Å². The predicted molar refractivity (Wildman–Crippen MR) is 41.9 cm³/mol. The summed E-state index contributed by atoms with van der Waals surface area (Å²) in [6.07, 6.45) is 3.59. The van der Waals surface area contributed by atoms with E-state index in [1.165, 1.54) is 18.5 Å². The Balaban J connectivity index is 2.42. The Morgan fingerprint density at radius 2 is 2.40 bits per heavy atom. The van der Waals surface area contributed by atoms with Crippen molar-refractivity contribution >= 4 is 0 Å². The molecule has 0 spiro atoms. The molecule has 1 rings (SSSR count). The average Bonchev–Trinajstić information content (AvgIpc) is 2.31. The van der Waals surface area contributed by atoms with Gasteiger partial charge in [0.25, 0.3) is 0 Å². The minimum Gasteiger partial charge on any atom is -0.283 e. The van der Waals surface area contributed by atoms with Crippen molar-refractivity contribution in [3.05, 3.63) is 17.5 Å². The first-order chi connectivity index (χ1) is 4.83. The van der Waals surface area contributed by atoms with Gasteiger partial charge in [-0.2, -0.15) is 5.10 Å². The van der Waals surface area contributed by atoms with Crippen molar-refractivity contribution in [2.75, 3.05) is 0 Å². The maximum Gasteiger partial charge on any atom is 0.0624 e. The number of rotatable bonds is 3. The van der Waals surface area contributed by atoms with Gasteiger partial charge in [0.2, 0.25) is 0 Å². The van der Waals surface area contributed by atoms with Gasteiger partial charge in [-0.15, -0.1) is 0 Å². The quantitative estimate of drug-likeness (QED) is 0.680. The molecule has 2 heteroatoms. The number of aromatic amines is 1. The fourth-order valence-electron chi connectivity index (χ4n) is 0.960. The third kappa shape index (κ3) is 1.87. The third-order valence-corrected chi connectivity index (χ3v) is 1.55. The van der Waals surface area contributed by atoms with E-state index >= 15 is 0 Å². The second-order valence-electron chi connectivity index (χ2n) is 2.65. The molecular weight excluding hydrogens is 124 g/mol. The number of nitrogens with one attached hydrogen (secondary N) is 1. The number of aromatic nitrogens is 2. The Hall–Kier alpha value is -0.790. The van der Waals surface area contributed by atoms with Crippen molar-refractivity contribution in [1.82, 2.24) is 10.2 Å². The Morgan fingerprint density at radius 3 is 2.90 bits per heavy atom. The smallest absolute Gasteiger partial charge is 0.0624 e. The van der Waals surface area contributed by atoms with Gasteiger partial charge in [-0.25, -0.2) is 0 Å². The Labute approximate surface area is 61.7 Å². The first kappa shape index (κ1) is 7.32. The summed E-state index contributed by atoms with van der Waals surface area (Å²) in [7, 11) is 0. The molecule has 0 bridgehead atoms. The number of H-pyrrole nitrogens is 1. The maximum absolute atomic E-state index is 4.13. The minimum absolute atomic E-state index is 1.11. The van der Waals surface area contributed by atoms with Crippen molar-refractivity contribution < 1.29 is 0 Å². The number of nitrogens with zero attached hydrogens (tertiary/aromatic N) is 1. The van der Waals surface area contributed by atoms with Gasteiger partial charge in [-0.3, -0.25) is 5.10 Å². The molecule has 0 saturated heterocycles. The van der Waals surface area contributed by atoms with E-state index in [-0.39, 0.29) is 0 Å². The van der Waals surface area contributed by atoms with E-state index < -0.39 is 0 Å². The minimum atomic E-state index is 1.11. The first-order valence-electron chi connectivity index (χ1n) is 3.84. The van der Waals surface area contributed by atoms with Crippen LogP contribution in [0.1, 0.15) is 31.2 Å².